The molecule has 16 heavy (non-hydrogen) atoms. The van der Waals surface area contributed by atoms with Crippen LogP contribution < -0.4 is 0 Å². The van der Waals surface area contributed by atoms with Crippen LogP contribution >= 0.6 is 0 Å². The number of phenolic OH excluding ortho intramolecular Hbond substituents is 1. The summed E-state index contributed by atoms with van der Waals surface area (Å²) in [6.45, 7) is 2.04. The van der Waals surface area contributed by atoms with E-state index >= 15 is 0 Å². The fourth-order valence-corrected chi connectivity index (χ4v) is 1.77. The van der Waals surface area contributed by atoms with Gasteiger partial charge in [0.1, 0.15) is 11.3 Å². The summed E-state index contributed by atoms with van der Waals surface area (Å²) < 4.78 is 4.43. The molecule has 2 rings (SSSR count). The lowest BCUT2D eigenvalue weighted by Gasteiger charge is -2.05. The summed E-state index contributed by atoms with van der Waals surface area (Å²) in [6.07, 6.45) is 2.62. The number of aromatic hydroxyl groups is 1. The zero-order valence-corrected chi connectivity index (χ0v) is 8.95. The molecular weight excluding hydrogens is 208 g/mol. The Balaban J connectivity index is 2.44. The Hall–Kier alpha value is -1.84. The topological polar surface area (TPSA) is 63.6 Å². The van der Waals surface area contributed by atoms with Gasteiger partial charge in [0, 0.05) is 0 Å². The lowest BCUT2D eigenvalue weighted by atomic mass is 10.0. The van der Waals surface area contributed by atoms with E-state index in [4.69, 9.17) is 0 Å². The number of unbranched alkanes of at least 4 members (excludes halogenated alkanes) is 1. The first kappa shape index (κ1) is 10.7. The molecule has 0 bridgehead atoms. The summed E-state index contributed by atoms with van der Waals surface area (Å²) in [6, 6.07) is 3.21. The molecule has 0 saturated heterocycles. The van der Waals surface area contributed by atoms with Crippen molar-refractivity contribution >= 4 is 11.9 Å². The Labute approximate surface area is 92.8 Å². The van der Waals surface area contributed by atoms with Gasteiger partial charge in [-0.1, -0.05) is 19.4 Å². The lowest BCUT2D eigenvalue weighted by Crippen LogP contribution is -1.97. The molecule has 1 aliphatic heterocycles. The highest BCUT2D eigenvalue weighted by molar-refractivity contribution is 6.16. The van der Waals surface area contributed by atoms with E-state index in [1.54, 1.807) is 6.07 Å². The molecule has 0 atom stereocenters. The van der Waals surface area contributed by atoms with Crippen LogP contribution in [0.3, 0.4) is 0 Å². The highest BCUT2D eigenvalue weighted by Gasteiger charge is 2.33. The minimum Gasteiger partial charge on any atom is -0.507 e. The van der Waals surface area contributed by atoms with Crippen LogP contribution in [0.2, 0.25) is 0 Å². The fraction of sp³-hybridized carbons (Fsp3) is 0.333. The molecule has 1 aromatic rings. The minimum atomic E-state index is -0.754. The highest BCUT2D eigenvalue weighted by atomic mass is 16.6. The predicted octanol–water partition coefficient (Wildman–Crippen LogP) is 2.05. The van der Waals surface area contributed by atoms with E-state index in [0.29, 0.717) is 12.0 Å². The molecule has 4 heteroatoms. The second-order valence-electron chi connectivity index (χ2n) is 3.78. The lowest BCUT2D eigenvalue weighted by molar-refractivity contribution is 0.0443. The zero-order chi connectivity index (χ0) is 11.7. The number of fused-ring (bicyclic) bond motifs is 1. The van der Waals surface area contributed by atoms with Gasteiger partial charge in [-0.15, -0.1) is 0 Å². The molecule has 0 spiro atoms. The smallest absolute Gasteiger partial charge is 0.350 e. The molecule has 0 saturated carbocycles. The Morgan fingerprint density at radius 2 is 2.00 bits per heavy atom. The number of ether oxygens (including phenoxy) is 1. The van der Waals surface area contributed by atoms with Crippen molar-refractivity contribution in [2.75, 3.05) is 0 Å². The molecule has 4 nitrogen and oxygen atoms in total. The van der Waals surface area contributed by atoms with E-state index in [0.717, 1.165) is 12.8 Å². The maximum absolute atomic E-state index is 11.3. The molecule has 84 valence electrons. The van der Waals surface area contributed by atoms with Gasteiger partial charge < -0.3 is 9.84 Å². The van der Waals surface area contributed by atoms with Crippen LogP contribution in [-0.2, 0) is 11.2 Å². The maximum atomic E-state index is 11.3. The average molecular weight is 220 g/mol. The summed E-state index contributed by atoms with van der Waals surface area (Å²) in [5, 5.41) is 9.87. The van der Waals surface area contributed by atoms with Crippen LogP contribution in [0, 0.1) is 0 Å². The van der Waals surface area contributed by atoms with Crippen molar-refractivity contribution in [1.29, 1.82) is 0 Å². The van der Waals surface area contributed by atoms with E-state index in [2.05, 4.69) is 4.74 Å². The normalized spacial score (nSPS) is 13.8. The monoisotopic (exact) mass is 220 g/mol. The molecular formula is C12H12O4. The minimum absolute atomic E-state index is 0.0126. The van der Waals surface area contributed by atoms with Crippen molar-refractivity contribution in [2.45, 2.75) is 26.2 Å². The van der Waals surface area contributed by atoms with Crippen molar-refractivity contribution in [3.8, 4) is 5.75 Å². The molecule has 0 unspecified atom stereocenters. The number of hydrogen-bond donors (Lipinski definition) is 1. The van der Waals surface area contributed by atoms with E-state index in [9.17, 15) is 14.7 Å². The third-order valence-corrected chi connectivity index (χ3v) is 2.67. The standard InChI is InChI=1S/C12H12O4/c1-2-3-4-7-5-6-8-9(10(7)13)12(15)16-11(8)14/h5-6,13H,2-4H2,1H3. The quantitative estimate of drug-likeness (QED) is 0.625. The summed E-state index contributed by atoms with van der Waals surface area (Å²) in [5.74, 6) is -1.55. The summed E-state index contributed by atoms with van der Waals surface area (Å²) in [4.78, 5) is 22.5. The molecule has 0 fully saturated rings. The van der Waals surface area contributed by atoms with Crippen molar-refractivity contribution < 1.29 is 19.4 Å². The number of carbonyl (C=O) groups excluding carboxylic acids is 2. The number of aryl methyl sites for hydroxylation is 1. The second kappa shape index (κ2) is 3.96. The van der Waals surface area contributed by atoms with Gasteiger partial charge >= 0.3 is 11.9 Å². The van der Waals surface area contributed by atoms with E-state index in [1.807, 2.05) is 6.92 Å². The number of cyclic esters (lactones) is 2. The molecule has 0 radical (unpaired) electrons. The van der Waals surface area contributed by atoms with E-state index in [-0.39, 0.29) is 16.9 Å². The van der Waals surface area contributed by atoms with Gasteiger partial charge in [0.2, 0.25) is 0 Å². The van der Waals surface area contributed by atoms with Gasteiger partial charge in [-0.05, 0) is 24.5 Å². The van der Waals surface area contributed by atoms with Gasteiger partial charge in [-0.3, -0.25) is 0 Å². The van der Waals surface area contributed by atoms with Crippen LogP contribution in [-0.4, -0.2) is 17.0 Å². The number of hydrogen-bond acceptors (Lipinski definition) is 4. The molecule has 1 heterocycles. The van der Waals surface area contributed by atoms with Gasteiger partial charge in [-0.25, -0.2) is 9.59 Å². The first-order valence-electron chi connectivity index (χ1n) is 5.26. The molecule has 0 amide bonds. The Morgan fingerprint density at radius 1 is 1.25 bits per heavy atom. The number of esters is 2. The van der Waals surface area contributed by atoms with Crippen molar-refractivity contribution in [2.24, 2.45) is 0 Å². The summed E-state index contributed by atoms with van der Waals surface area (Å²) in [7, 11) is 0. The number of phenols is 1. The number of carbonyl (C=O) groups is 2. The van der Waals surface area contributed by atoms with Crippen molar-refractivity contribution in [3.05, 3.63) is 28.8 Å². The molecule has 1 N–H and O–H groups in total. The third-order valence-electron chi connectivity index (χ3n) is 2.67. The van der Waals surface area contributed by atoms with Crippen LogP contribution in [0.5, 0.6) is 5.75 Å². The maximum Gasteiger partial charge on any atom is 0.350 e. The largest absolute Gasteiger partial charge is 0.507 e. The fourth-order valence-electron chi connectivity index (χ4n) is 1.77. The summed E-state index contributed by atoms with van der Waals surface area (Å²) >= 11 is 0. The Bertz CT molecular complexity index is 462. The Morgan fingerprint density at radius 3 is 2.69 bits per heavy atom. The van der Waals surface area contributed by atoms with Crippen LogP contribution in [0.15, 0.2) is 12.1 Å². The van der Waals surface area contributed by atoms with Crippen LogP contribution in [0.1, 0.15) is 46.0 Å². The number of benzene rings is 1. The molecule has 1 aliphatic rings. The van der Waals surface area contributed by atoms with Crippen LogP contribution in [0.4, 0.5) is 0 Å². The van der Waals surface area contributed by atoms with Crippen molar-refractivity contribution in [1.82, 2.24) is 0 Å². The van der Waals surface area contributed by atoms with Gasteiger partial charge in [0.25, 0.3) is 0 Å². The SMILES string of the molecule is CCCCc1ccc2c(c1O)C(=O)OC2=O. The molecule has 0 aliphatic carbocycles. The van der Waals surface area contributed by atoms with Gasteiger partial charge in [0.15, 0.2) is 0 Å². The first-order chi connectivity index (χ1) is 7.65. The zero-order valence-electron chi connectivity index (χ0n) is 8.95. The average Bonchev–Trinajstić information content (AvgIpc) is 2.54. The molecule has 0 aromatic heterocycles. The Kier molecular flexibility index (Phi) is 2.64. The molecule has 1 aromatic carbocycles. The predicted molar refractivity (Wildman–Crippen MR) is 56.5 cm³/mol. The first-order valence-corrected chi connectivity index (χ1v) is 5.26. The van der Waals surface area contributed by atoms with E-state index < -0.39 is 11.9 Å². The van der Waals surface area contributed by atoms with Gasteiger partial charge in [-0.2, -0.15) is 0 Å². The second-order valence-corrected chi connectivity index (χ2v) is 3.78. The number of rotatable bonds is 3. The van der Waals surface area contributed by atoms with Gasteiger partial charge in [0.05, 0.1) is 5.56 Å². The van der Waals surface area contributed by atoms with Crippen molar-refractivity contribution in [3.63, 3.8) is 0 Å². The highest BCUT2D eigenvalue weighted by Crippen LogP contribution is 2.32. The van der Waals surface area contributed by atoms with Crippen LogP contribution in [0.25, 0.3) is 0 Å². The third kappa shape index (κ3) is 1.56. The summed E-state index contributed by atoms with van der Waals surface area (Å²) in [5.41, 5.74) is 0.855. The van der Waals surface area contributed by atoms with E-state index in [1.165, 1.54) is 6.07 Å².